The second-order valence-corrected chi connectivity index (χ2v) is 6.51. The number of hydrogen-bond acceptors (Lipinski definition) is 4. The van der Waals surface area contributed by atoms with Crippen molar-refractivity contribution in [3.05, 3.63) is 52.5 Å². The zero-order chi connectivity index (χ0) is 18.7. The van der Waals surface area contributed by atoms with E-state index in [4.69, 9.17) is 21.1 Å². The molecule has 0 aromatic heterocycles. The summed E-state index contributed by atoms with van der Waals surface area (Å²) >= 11 is 5.97. The largest absolute Gasteiger partial charge is 0.454 e. The molecule has 1 heterocycles. The highest BCUT2D eigenvalue weighted by atomic mass is 35.5. The minimum atomic E-state index is -0.286. The van der Waals surface area contributed by atoms with Crippen LogP contribution in [-0.4, -0.2) is 30.1 Å². The van der Waals surface area contributed by atoms with Crippen LogP contribution in [0.25, 0.3) is 0 Å². The number of nitrogens with zero attached hydrogens (tertiary/aromatic N) is 1. The summed E-state index contributed by atoms with van der Waals surface area (Å²) in [7, 11) is 0. The first-order valence-corrected chi connectivity index (χ1v) is 8.50. The lowest BCUT2D eigenvalue weighted by molar-refractivity contribution is -0.133. The average molecular weight is 375 g/mol. The zero-order valence-electron chi connectivity index (χ0n) is 14.5. The molecule has 26 heavy (non-hydrogen) atoms. The quantitative estimate of drug-likeness (QED) is 0.871. The van der Waals surface area contributed by atoms with Crippen molar-refractivity contribution < 1.29 is 19.1 Å². The van der Waals surface area contributed by atoms with Crippen LogP contribution in [-0.2, 0) is 16.1 Å². The maximum absolute atomic E-state index is 12.4. The molecule has 136 valence electrons. The molecular weight excluding hydrogens is 356 g/mol. The van der Waals surface area contributed by atoms with Gasteiger partial charge in [-0.2, -0.15) is 0 Å². The summed E-state index contributed by atoms with van der Waals surface area (Å²) in [6.07, 6.45) is 0. The second kappa shape index (κ2) is 7.66. The molecule has 0 bridgehead atoms. The summed E-state index contributed by atoms with van der Waals surface area (Å²) in [5.74, 6) is 0.842. The SMILES string of the molecule is CC(=O)N(CC(=O)Nc1cc(Cl)ccc1C)Cc1ccc2c(c1)OCO2. The van der Waals surface area contributed by atoms with Gasteiger partial charge in [0.05, 0.1) is 0 Å². The van der Waals surface area contributed by atoms with Gasteiger partial charge in [0, 0.05) is 24.2 Å². The monoisotopic (exact) mass is 374 g/mol. The average Bonchev–Trinajstić information content (AvgIpc) is 3.05. The first kappa shape index (κ1) is 18.1. The predicted octanol–water partition coefficient (Wildman–Crippen LogP) is 3.36. The molecule has 2 amide bonds. The number of anilines is 1. The van der Waals surface area contributed by atoms with Gasteiger partial charge in [-0.25, -0.2) is 0 Å². The number of benzene rings is 2. The molecule has 3 rings (SSSR count). The number of halogens is 1. The lowest BCUT2D eigenvalue weighted by Gasteiger charge is -2.21. The van der Waals surface area contributed by atoms with Gasteiger partial charge in [0.1, 0.15) is 6.54 Å². The Kier molecular flexibility index (Phi) is 5.32. The minimum Gasteiger partial charge on any atom is -0.454 e. The normalized spacial score (nSPS) is 12.0. The molecule has 0 saturated carbocycles. The van der Waals surface area contributed by atoms with Crippen LogP contribution in [0, 0.1) is 6.92 Å². The van der Waals surface area contributed by atoms with Crippen LogP contribution in [0.3, 0.4) is 0 Å². The van der Waals surface area contributed by atoms with Gasteiger partial charge in [0.2, 0.25) is 18.6 Å². The van der Waals surface area contributed by atoms with Crippen LogP contribution in [0.4, 0.5) is 5.69 Å². The highest BCUT2D eigenvalue weighted by Crippen LogP contribution is 2.32. The number of aryl methyl sites for hydroxylation is 1. The number of ether oxygens (including phenoxy) is 2. The number of fused-ring (bicyclic) bond motifs is 1. The minimum absolute atomic E-state index is 0.0598. The van der Waals surface area contributed by atoms with E-state index in [1.54, 1.807) is 18.2 Å². The molecule has 7 heteroatoms. The lowest BCUT2D eigenvalue weighted by atomic mass is 10.2. The molecule has 0 saturated heterocycles. The van der Waals surface area contributed by atoms with Crippen molar-refractivity contribution >= 4 is 29.1 Å². The fourth-order valence-corrected chi connectivity index (χ4v) is 2.80. The Hall–Kier alpha value is -2.73. The number of carbonyl (C=O) groups is 2. The third kappa shape index (κ3) is 4.26. The molecule has 1 N–H and O–H groups in total. The molecule has 2 aromatic rings. The Morgan fingerprint density at radius 3 is 2.69 bits per heavy atom. The highest BCUT2D eigenvalue weighted by molar-refractivity contribution is 6.31. The van der Waals surface area contributed by atoms with Crippen LogP contribution in [0.1, 0.15) is 18.1 Å². The molecular formula is C19H19ClN2O4. The van der Waals surface area contributed by atoms with E-state index in [0.717, 1.165) is 11.1 Å². The molecule has 0 radical (unpaired) electrons. The molecule has 0 atom stereocenters. The van der Waals surface area contributed by atoms with Crippen molar-refractivity contribution in [3.63, 3.8) is 0 Å². The fourth-order valence-electron chi connectivity index (χ4n) is 2.63. The van der Waals surface area contributed by atoms with Crippen molar-refractivity contribution in [2.75, 3.05) is 18.7 Å². The summed E-state index contributed by atoms with van der Waals surface area (Å²) in [5, 5.41) is 3.34. The Labute approximate surface area is 156 Å². The van der Waals surface area contributed by atoms with E-state index in [9.17, 15) is 9.59 Å². The smallest absolute Gasteiger partial charge is 0.244 e. The molecule has 6 nitrogen and oxygen atoms in total. The standard InChI is InChI=1S/C19H19ClN2O4/c1-12-3-5-15(20)8-16(12)21-19(24)10-22(13(2)23)9-14-4-6-17-18(7-14)26-11-25-17/h3-8H,9-11H2,1-2H3,(H,21,24). The zero-order valence-corrected chi connectivity index (χ0v) is 15.3. The maximum Gasteiger partial charge on any atom is 0.244 e. The Bertz CT molecular complexity index is 853. The first-order chi connectivity index (χ1) is 12.4. The van der Waals surface area contributed by atoms with E-state index in [1.165, 1.54) is 11.8 Å². The van der Waals surface area contributed by atoms with Crippen LogP contribution in [0.15, 0.2) is 36.4 Å². The predicted molar refractivity (Wildman–Crippen MR) is 98.5 cm³/mol. The molecule has 1 aliphatic heterocycles. The van der Waals surface area contributed by atoms with Crippen molar-refractivity contribution in [2.24, 2.45) is 0 Å². The van der Waals surface area contributed by atoms with Crippen molar-refractivity contribution in [1.82, 2.24) is 4.90 Å². The summed E-state index contributed by atoms with van der Waals surface area (Å²) in [4.78, 5) is 25.8. The van der Waals surface area contributed by atoms with Gasteiger partial charge >= 0.3 is 0 Å². The van der Waals surface area contributed by atoms with E-state index in [0.29, 0.717) is 28.8 Å². The van der Waals surface area contributed by atoms with Crippen LogP contribution in [0.2, 0.25) is 5.02 Å². The Balaban J connectivity index is 1.67. The van der Waals surface area contributed by atoms with E-state index < -0.39 is 0 Å². The number of carbonyl (C=O) groups excluding carboxylic acids is 2. The van der Waals surface area contributed by atoms with E-state index in [1.807, 2.05) is 25.1 Å². The van der Waals surface area contributed by atoms with Gasteiger partial charge in [-0.1, -0.05) is 23.7 Å². The van der Waals surface area contributed by atoms with Gasteiger partial charge in [0.25, 0.3) is 0 Å². The number of rotatable bonds is 5. The topological polar surface area (TPSA) is 67.9 Å². The third-order valence-corrected chi connectivity index (χ3v) is 4.30. The lowest BCUT2D eigenvalue weighted by Crippen LogP contribution is -2.36. The van der Waals surface area contributed by atoms with Gasteiger partial charge in [-0.15, -0.1) is 0 Å². The van der Waals surface area contributed by atoms with Crippen molar-refractivity contribution in [1.29, 1.82) is 0 Å². The van der Waals surface area contributed by atoms with Crippen LogP contribution in [0.5, 0.6) is 11.5 Å². The molecule has 0 spiro atoms. The van der Waals surface area contributed by atoms with Crippen molar-refractivity contribution in [2.45, 2.75) is 20.4 Å². The van der Waals surface area contributed by atoms with Crippen molar-refractivity contribution in [3.8, 4) is 11.5 Å². The molecule has 0 unspecified atom stereocenters. The first-order valence-electron chi connectivity index (χ1n) is 8.12. The summed E-state index contributed by atoms with van der Waals surface area (Å²) in [5.41, 5.74) is 2.39. The van der Waals surface area contributed by atoms with Gasteiger partial charge in [0.15, 0.2) is 11.5 Å². The fraction of sp³-hybridized carbons (Fsp3) is 0.263. The van der Waals surface area contributed by atoms with E-state index in [-0.39, 0.29) is 25.2 Å². The third-order valence-electron chi connectivity index (χ3n) is 4.06. The summed E-state index contributed by atoms with van der Waals surface area (Å²) < 4.78 is 10.6. The Morgan fingerprint density at radius 1 is 1.15 bits per heavy atom. The molecule has 2 aromatic carbocycles. The summed E-state index contributed by atoms with van der Waals surface area (Å²) in [6, 6.07) is 10.7. The summed E-state index contributed by atoms with van der Waals surface area (Å²) in [6.45, 7) is 3.74. The van der Waals surface area contributed by atoms with Gasteiger partial charge < -0.3 is 19.7 Å². The van der Waals surface area contributed by atoms with E-state index >= 15 is 0 Å². The number of nitrogens with one attached hydrogen (secondary N) is 1. The molecule has 1 aliphatic rings. The molecule has 0 aliphatic carbocycles. The van der Waals surface area contributed by atoms with Crippen LogP contribution >= 0.6 is 11.6 Å². The second-order valence-electron chi connectivity index (χ2n) is 6.07. The van der Waals surface area contributed by atoms with Gasteiger partial charge in [-0.3, -0.25) is 9.59 Å². The van der Waals surface area contributed by atoms with Gasteiger partial charge in [-0.05, 0) is 42.3 Å². The number of amides is 2. The number of hydrogen-bond donors (Lipinski definition) is 1. The van der Waals surface area contributed by atoms with E-state index in [2.05, 4.69) is 5.32 Å². The highest BCUT2D eigenvalue weighted by Gasteiger charge is 2.18. The maximum atomic E-state index is 12.4. The Morgan fingerprint density at radius 2 is 1.92 bits per heavy atom. The van der Waals surface area contributed by atoms with Crippen LogP contribution < -0.4 is 14.8 Å². The molecule has 0 fully saturated rings.